The van der Waals surface area contributed by atoms with Gasteiger partial charge in [0.15, 0.2) is 11.6 Å². The van der Waals surface area contributed by atoms with Gasteiger partial charge in [-0.3, -0.25) is 20.9 Å². The highest BCUT2D eigenvalue weighted by molar-refractivity contribution is 5.82. The van der Waals surface area contributed by atoms with Crippen molar-refractivity contribution in [2.24, 2.45) is 10.7 Å². The second-order valence-corrected chi connectivity index (χ2v) is 6.94. The number of hydrogen-bond donors (Lipinski definition) is 5. The summed E-state index contributed by atoms with van der Waals surface area (Å²) in [6.07, 6.45) is 8.41. The van der Waals surface area contributed by atoms with Crippen LogP contribution in [0, 0.1) is 0 Å². The molecule has 2 aromatic heterocycles. The van der Waals surface area contributed by atoms with Gasteiger partial charge < -0.3 is 10.6 Å². The third kappa shape index (κ3) is 2.84. The van der Waals surface area contributed by atoms with Crippen molar-refractivity contribution >= 4 is 22.9 Å². The highest BCUT2D eigenvalue weighted by Crippen LogP contribution is 2.39. The summed E-state index contributed by atoms with van der Waals surface area (Å²) in [4.78, 5) is 4.45. The van der Waals surface area contributed by atoms with Crippen LogP contribution in [0.1, 0.15) is 30.0 Å². The standard InChI is InChI=1S/C18H20N8/c19-18(9-12-2-1-3-14-13(12)10-21-24-14)20-7-6-16(23-18)22-17-8-15(25-26-17)11-4-5-11/h1-3,6-8,10-11,23H,4-5,9,19H2,(H,21,24)(H2,22,25,26). The first-order chi connectivity index (χ1) is 12.7. The molecule has 26 heavy (non-hydrogen) atoms. The van der Waals surface area contributed by atoms with E-state index in [1.165, 1.54) is 18.5 Å². The van der Waals surface area contributed by atoms with E-state index in [-0.39, 0.29) is 0 Å². The predicted octanol–water partition coefficient (Wildman–Crippen LogP) is 1.95. The quantitative estimate of drug-likeness (QED) is 0.483. The molecule has 1 aromatic carbocycles. The molecule has 8 heteroatoms. The van der Waals surface area contributed by atoms with Crippen LogP contribution in [0.3, 0.4) is 0 Å². The van der Waals surface area contributed by atoms with Crippen LogP contribution in [0.15, 0.2) is 47.4 Å². The second kappa shape index (κ2) is 5.70. The van der Waals surface area contributed by atoms with Crippen molar-refractivity contribution in [2.45, 2.75) is 31.0 Å². The van der Waals surface area contributed by atoms with Gasteiger partial charge in [-0.15, -0.1) is 0 Å². The van der Waals surface area contributed by atoms with Crippen LogP contribution in [0.4, 0.5) is 5.82 Å². The van der Waals surface area contributed by atoms with E-state index in [0.717, 1.165) is 28.1 Å². The molecule has 6 N–H and O–H groups in total. The van der Waals surface area contributed by atoms with Crippen LogP contribution >= 0.6 is 0 Å². The van der Waals surface area contributed by atoms with Gasteiger partial charge in [0.1, 0.15) is 5.82 Å². The Bertz CT molecular complexity index is 1010. The third-order valence-electron chi connectivity index (χ3n) is 4.81. The molecule has 1 aliphatic heterocycles. The number of H-pyrrole nitrogens is 2. The Balaban J connectivity index is 1.33. The lowest BCUT2D eigenvalue weighted by atomic mass is 10.0. The Morgan fingerprint density at radius 2 is 2.19 bits per heavy atom. The Kier molecular flexibility index (Phi) is 3.32. The number of nitrogens with one attached hydrogen (secondary N) is 4. The number of benzene rings is 1. The van der Waals surface area contributed by atoms with Gasteiger partial charge in [-0.2, -0.15) is 10.2 Å². The molecule has 0 saturated heterocycles. The second-order valence-electron chi connectivity index (χ2n) is 6.94. The number of fused-ring (bicyclic) bond motifs is 1. The lowest BCUT2D eigenvalue weighted by Gasteiger charge is -2.31. The summed E-state index contributed by atoms with van der Waals surface area (Å²) < 4.78 is 0. The van der Waals surface area contributed by atoms with Crippen LogP contribution in [0.25, 0.3) is 10.9 Å². The zero-order chi connectivity index (χ0) is 17.6. The van der Waals surface area contributed by atoms with Crippen molar-refractivity contribution in [3.05, 3.63) is 53.6 Å². The van der Waals surface area contributed by atoms with Gasteiger partial charge in [0, 0.05) is 35.7 Å². The minimum atomic E-state index is -0.932. The van der Waals surface area contributed by atoms with E-state index < -0.39 is 5.79 Å². The Labute approximate surface area is 150 Å². The molecular formula is C18H20N8. The molecule has 1 aliphatic carbocycles. The van der Waals surface area contributed by atoms with Gasteiger partial charge in [-0.05, 0) is 30.5 Å². The van der Waals surface area contributed by atoms with Crippen molar-refractivity contribution in [2.75, 3.05) is 5.32 Å². The molecule has 8 nitrogen and oxygen atoms in total. The van der Waals surface area contributed by atoms with E-state index in [0.29, 0.717) is 12.3 Å². The maximum Gasteiger partial charge on any atom is 0.187 e. The fraction of sp³-hybridized carbons (Fsp3) is 0.278. The summed E-state index contributed by atoms with van der Waals surface area (Å²) in [6.45, 7) is 0. The number of nitrogens with zero attached hydrogens (tertiary/aromatic N) is 3. The molecular weight excluding hydrogens is 328 g/mol. The average molecular weight is 348 g/mol. The summed E-state index contributed by atoms with van der Waals surface area (Å²) in [5.74, 6) is 1.26. The molecule has 1 fully saturated rings. The molecule has 132 valence electrons. The minimum Gasteiger partial charge on any atom is -0.335 e. The number of anilines is 1. The van der Waals surface area contributed by atoms with E-state index >= 15 is 0 Å². The smallest absolute Gasteiger partial charge is 0.187 e. The average Bonchev–Trinajstić information content (AvgIpc) is 3.16. The van der Waals surface area contributed by atoms with Gasteiger partial charge in [0.2, 0.25) is 0 Å². The van der Waals surface area contributed by atoms with E-state index in [1.807, 2.05) is 30.5 Å². The molecule has 1 unspecified atom stereocenters. The van der Waals surface area contributed by atoms with Crippen LogP contribution < -0.4 is 16.4 Å². The zero-order valence-electron chi connectivity index (χ0n) is 14.2. The first kappa shape index (κ1) is 15.2. The SMILES string of the molecule is NC1(Cc2cccc3[nH]ncc23)N=CC=C(Nc2cc(C3CC3)[nH]n2)N1. The first-order valence-corrected chi connectivity index (χ1v) is 8.74. The van der Waals surface area contributed by atoms with Gasteiger partial charge in [0.25, 0.3) is 0 Å². The van der Waals surface area contributed by atoms with Crippen molar-refractivity contribution in [3.8, 4) is 0 Å². The lowest BCUT2D eigenvalue weighted by molar-refractivity contribution is 0.381. The summed E-state index contributed by atoms with van der Waals surface area (Å²) in [5.41, 5.74) is 9.77. The molecule has 1 atom stereocenters. The Morgan fingerprint density at radius 3 is 3.08 bits per heavy atom. The van der Waals surface area contributed by atoms with Gasteiger partial charge in [0.05, 0.1) is 11.7 Å². The molecule has 0 radical (unpaired) electrons. The normalized spacial score (nSPS) is 22.3. The van der Waals surface area contributed by atoms with E-state index in [9.17, 15) is 0 Å². The molecule has 0 bridgehead atoms. The molecule has 0 spiro atoms. The van der Waals surface area contributed by atoms with Gasteiger partial charge in [-0.25, -0.2) is 0 Å². The molecule has 3 heterocycles. The number of aliphatic imine (C=N–C) groups is 1. The zero-order valence-corrected chi connectivity index (χ0v) is 14.2. The highest BCUT2D eigenvalue weighted by atomic mass is 15.3. The number of rotatable bonds is 5. The lowest BCUT2D eigenvalue weighted by Crippen LogP contribution is -2.55. The summed E-state index contributed by atoms with van der Waals surface area (Å²) >= 11 is 0. The molecule has 0 amide bonds. The predicted molar refractivity (Wildman–Crippen MR) is 101 cm³/mol. The van der Waals surface area contributed by atoms with Crippen molar-refractivity contribution in [1.29, 1.82) is 0 Å². The maximum absolute atomic E-state index is 6.51. The number of aromatic nitrogens is 4. The number of hydrogen-bond acceptors (Lipinski definition) is 6. The maximum atomic E-state index is 6.51. The van der Waals surface area contributed by atoms with Crippen LogP contribution in [0.2, 0.25) is 0 Å². The van der Waals surface area contributed by atoms with Crippen LogP contribution in [0.5, 0.6) is 0 Å². The topological polar surface area (TPSA) is 120 Å². The monoisotopic (exact) mass is 348 g/mol. The largest absolute Gasteiger partial charge is 0.335 e. The molecule has 1 saturated carbocycles. The van der Waals surface area contributed by atoms with E-state index in [4.69, 9.17) is 5.73 Å². The molecule has 2 aliphatic rings. The molecule has 3 aromatic rings. The highest BCUT2D eigenvalue weighted by Gasteiger charge is 2.29. The Hall–Kier alpha value is -3.13. The summed E-state index contributed by atoms with van der Waals surface area (Å²) in [6, 6.07) is 8.08. The van der Waals surface area contributed by atoms with Crippen molar-refractivity contribution < 1.29 is 0 Å². The van der Waals surface area contributed by atoms with Crippen molar-refractivity contribution in [1.82, 2.24) is 25.7 Å². The third-order valence-corrected chi connectivity index (χ3v) is 4.81. The van der Waals surface area contributed by atoms with Crippen LogP contribution in [-0.4, -0.2) is 32.4 Å². The van der Waals surface area contributed by atoms with E-state index in [1.54, 1.807) is 6.21 Å². The van der Waals surface area contributed by atoms with Crippen molar-refractivity contribution in [3.63, 3.8) is 0 Å². The molecule has 5 rings (SSSR count). The van der Waals surface area contributed by atoms with Gasteiger partial charge in [-0.1, -0.05) is 12.1 Å². The Morgan fingerprint density at radius 1 is 1.27 bits per heavy atom. The first-order valence-electron chi connectivity index (χ1n) is 8.74. The minimum absolute atomic E-state index is 0.535. The van der Waals surface area contributed by atoms with Gasteiger partial charge >= 0.3 is 0 Å². The number of nitrogens with two attached hydrogens (primary N) is 1. The number of allylic oxidation sites excluding steroid dienone is 1. The summed E-state index contributed by atoms with van der Waals surface area (Å²) in [7, 11) is 0. The van der Waals surface area contributed by atoms with E-state index in [2.05, 4.69) is 42.1 Å². The summed E-state index contributed by atoms with van der Waals surface area (Å²) in [5, 5.41) is 22.1. The van der Waals surface area contributed by atoms with Crippen LogP contribution in [-0.2, 0) is 6.42 Å². The number of aromatic amines is 2. The fourth-order valence-corrected chi connectivity index (χ4v) is 3.33. The fourth-order valence-electron chi connectivity index (χ4n) is 3.33.